The molecule has 30 heavy (non-hydrogen) atoms. The van der Waals surface area contributed by atoms with Crippen LogP contribution in [0.4, 0.5) is 0 Å². The maximum Gasteiger partial charge on any atom is 0.349 e. The van der Waals surface area contributed by atoms with Crippen molar-refractivity contribution in [2.24, 2.45) is 0 Å². The van der Waals surface area contributed by atoms with Crippen LogP contribution in [0.15, 0.2) is 82.0 Å². The van der Waals surface area contributed by atoms with Crippen molar-refractivity contribution < 1.29 is 18.7 Å². The van der Waals surface area contributed by atoms with Crippen molar-refractivity contribution in [3.05, 3.63) is 88.8 Å². The first kappa shape index (κ1) is 19.2. The van der Waals surface area contributed by atoms with Crippen LogP contribution in [-0.2, 0) is 4.79 Å². The number of rotatable bonds is 4. The Morgan fingerprint density at radius 2 is 1.60 bits per heavy atom. The molecule has 1 aromatic heterocycles. The van der Waals surface area contributed by atoms with E-state index in [2.05, 4.69) is 10.9 Å². The van der Waals surface area contributed by atoms with E-state index in [-0.39, 0.29) is 5.56 Å². The highest BCUT2D eigenvalue weighted by atomic mass is 16.5. The van der Waals surface area contributed by atoms with Crippen molar-refractivity contribution in [1.29, 1.82) is 0 Å². The summed E-state index contributed by atoms with van der Waals surface area (Å²) in [6.07, 6.45) is -0.885. The Bertz CT molecular complexity index is 1310. The highest BCUT2D eigenvalue weighted by Crippen LogP contribution is 2.26. The van der Waals surface area contributed by atoms with Gasteiger partial charge < -0.3 is 9.15 Å². The molecule has 150 valence electrons. The minimum atomic E-state index is -0.885. The predicted octanol–water partition coefficient (Wildman–Crippen LogP) is 3.17. The Labute approximate surface area is 171 Å². The van der Waals surface area contributed by atoms with Crippen LogP contribution in [0.25, 0.3) is 21.7 Å². The Kier molecular flexibility index (Phi) is 5.17. The van der Waals surface area contributed by atoms with E-state index in [4.69, 9.17) is 9.15 Å². The summed E-state index contributed by atoms with van der Waals surface area (Å²) in [4.78, 5) is 36.8. The molecule has 0 aliphatic rings. The summed E-state index contributed by atoms with van der Waals surface area (Å²) in [5.74, 6) is -0.793. The highest BCUT2D eigenvalue weighted by Gasteiger charge is 2.19. The van der Waals surface area contributed by atoms with E-state index in [0.717, 1.165) is 10.8 Å². The summed E-state index contributed by atoms with van der Waals surface area (Å²) in [7, 11) is 0. The van der Waals surface area contributed by atoms with Crippen molar-refractivity contribution in [2.45, 2.75) is 13.0 Å². The van der Waals surface area contributed by atoms with Gasteiger partial charge in [-0.2, -0.15) is 0 Å². The molecule has 0 radical (unpaired) electrons. The molecule has 7 nitrogen and oxygen atoms in total. The van der Waals surface area contributed by atoms with Gasteiger partial charge in [0.25, 0.3) is 11.8 Å². The molecule has 0 saturated carbocycles. The van der Waals surface area contributed by atoms with Crippen LogP contribution in [0, 0.1) is 0 Å². The smallest absolute Gasteiger partial charge is 0.349 e. The van der Waals surface area contributed by atoms with E-state index in [0.29, 0.717) is 16.7 Å². The molecule has 4 rings (SSSR count). The van der Waals surface area contributed by atoms with Gasteiger partial charge in [0.05, 0.1) is 0 Å². The lowest BCUT2D eigenvalue weighted by Crippen LogP contribution is -2.48. The lowest BCUT2D eigenvalue weighted by Gasteiger charge is -2.16. The van der Waals surface area contributed by atoms with Gasteiger partial charge in [-0.25, -0.2) is 4.79 Å². The molecular weight excluding hydrogens is 384 g/mol. The van der Waals surface area contributed by atoms with Crippen LogP contribution in [0.5, 0.6) is 5.75 Å². The molecule has 0 fully saturated rings. The number of hydrazine groups is 1. The molecule has 1 heterocycles. The zero-order valence-corrected chi connectivity index (χ0v) is 16.0. The molecule has 2 amide bonds. The second-order valence-electron chi connectivity index (χ2n) is 6.67. The molecule has 3 aromatic carbocycles. The maximum atomic E-state index is 12.4. The number of nitrogens with one attached hydrogen (secondary N) is 2. The number of ether oxygens (including phenoxy) is 1. The quantitative estimate of drug-likeness (QED) is 0.404. The maximum absolute atomic E-state index is 12.4. The van der Waals surface area contributed by atoms with Crippen molar-refractivity contribution in [3.63, 3.8) is 0 Å². The molecule has 2 N–H and O–H groups in total. The number of carbonyl (C=O) groups excluding carboxylic acids is 2. The first-order valence-corrected chi connectivity index (χ1v) is 9.30. The van der Waals surface area contributed by atoms with Gasteiger partial charge in [0.15, 0.2) is 6.10 Å². The van der Waals surface area contributed by atoms with Crippen LogP contribution in [0.1, 0.15) is 17.3 Å². The first-order chi connectivity index (χ1) is 14.5. The van der Waals surface area contributed by atoms with Crippen molar-refractivity contribution in [2.75, 3.05) is 0 Å². The van der Waals surface area contributed by atoms with E-state index < -0.39 is 23.5 Å². The fourth-order valence-corrected chi connectivity index (χ4v) is 3.05. The van der Waals surface area contributed by atoms with Gasteiger partial charge in [-0.05, 0) is 30.5 Å². The Morgan fingerprint density at radius 3 is 2.43 bits per heavy atom. The molecule has 0 bridgehead atoms. The van der Waals surface area contributed by atoms with E-state index in [1.807, 2.05) is 36.4 Å². The topological polar surface area (TPSA) is 97.6 Å². The average Bonchev–Trinajstić information content (AvgIpc) is 2.77. The minimum Gasteiger partial charge on any atom is -0.480 e. The zero-order chi connectivity index (χ0) is 21.1. The molecule has 0 aliphatic heterocycles. The lowest BCUT2D eigenvalue weighted by atomic mass is 10.1. The third-order valence-corrected chi connectivity index (χ3v) is 4.61. The monoisotopic (exact) mass is 402 g/mol. The Morgan fingerprint density at radius 1 is 0.900 bits per heavy atom. The van der Waals surface area contributed by atoms with E-state index in [1.165, 1.54) is 6.07 Å². The number of fused-ring (bicyclic) bond motifs is 2. The van der Waals surface area contributed by atoms with Gasteiger partial charge in [-0.1, -0.05) is 54.6 Å². The number of para-hydroxylation sites is 1. The zero-order valence-electron chi connectivity index (χ0n) is 16.0. The standard InChI is InChI=1S/C23H18N2O5/c1-14(29-20-12-6-9-15-7-2-4-10-17(15)20)21(26)24-25-22(27)18-13-16-8-3-5-11-19(16)30-23(18)28/h2-14H,1H3,(H,24,26)(H,25,27)/t14-/m1/s1. The largest absolute Gasteiger partial charge is 0.480 e. The first-order valence-electron chi connectivity index (χ1n) is 9.30. The van der Waals surface area contributed by atoms with Gasteiger partial charge in [-0.15, -0.1) is 0 Å². The molecule has 0 saturated heterocycles. The van der Waals surface area contributed by atoms with E-state index in [9.17, 15) is 14.4 Å². The Balaban J connectivity index is 1.43. The molecule has 0 spiro atoms. The normalized spacial score (nSPS) is 11.8. The highest BCUT2D eigenvalue weighted by molar-refractivity contribution is 5.97. The van der Waals surface area contributed by atoms with Crippen LogP contribution in [-0.4, -0.2) is 17.9 Å². The average molecular weight is 402 g/mol. The summed E-state index contributed by atoms with van der Waals surface area (Å²) in [5, 5.41) is 2.46. The van der Waals surface area contributed by atoms with Crippen LogP contribution >= 0.6 is 0 Å². The fourth-order valence-electron chi connectivity index (χ4n) is 3.05. The van der Waals surface area contributed by atoms with Crippen LogP contribution in [0.2, 0.25) is 0 Å². The predicted molar refractivity (Wildman–Crippen MR) is 112 cm³/mol. The molecule has 4 aromatic rings. The van der Waals surface area contributed by atoms with Gasteiger partial charge in [0.2, 0.25) is 0 Å². The fraction of sp³-hybridized carbons (Fsp3) is 0.0870. The third kappa shape index (κ3) is 3.86. The lowest BCUT2D eigenvalue weighted by molar-refractivity contribution is -0.128. The van der Waals surface area contributed by atoms with Crippen molar-refractivity contribution in [1.82, 2.24) is 10.9 Å². The Hall–Kier alpha value is -4.13. The van der Waals surface area contributed by atoms with Gasteiger partial charge in [0.1, 0.15) is 16.9 Å². The summed E-state index contributed by atoms with van der Waals surface area (Å²) >= 11 is 0. The second kappa shape index (κ2) is 8.08. The number of hydrogen-bond acceptors (Lipinski definition) is 5. The summed E-state index contributed by atoms with van der Waals surface area (Å²) in [5.41, 5.74) is 3.88. The van der Waals surface area contributed by atoms with E-state index >= 15 is 0 Å². The van der Waals surface area contributed by atoms with Crippen LogP contribution < -0.4 is 21.2 Å². The number of carbonyl (C=O) groups is 2. The third-order valence-electron chi connectivity index (χ3n) is 4.61. The molecule has 0 aliphatic carbocycles. The molecule has 0 unspecified atom stereocenters. The van der Waals surface area contributed by atoms with Crippen molar-refractivity contribution in [3.8, 4) is 5.75 Å². The number of amides is 2. The van der Waals surface area contributed by atoms with E-state index in [1.54, 1.807) is 37.3 Å². The van der Waals surface area contributed by atoms with Gasteiger partial charge >= 0.3 is 5.63 Å². The number of hydrogen-bond donors (Lipinski definition) is 2. The second-order valence-corrected chi connectivity index (χ2v) is 6.67. The van der Waals surface area contributed by atoms with Gasteiger partial charge in [0, 0.05) is 10.8 Å². The molecule has 7 heteroatoms. The molecular formula is C23H18N2O5. The van der Waals surface area contributed by atoms with Crippen LogP contribution in [0.3, 0.4) is 0 Å². The summed E-state index contributed by atoms with van der Waals surface area (Å²) in [6.45, 7) is 1.56. The molecule has 1 atom stereocenters. The summed E-state index contributed by atoms with van der Waals surface area (Å²) < 4.78 is 10.9. The minimum absolute atomic E-state index is 0.211. The van der Waals surface area contributed by atoms with Crippen molar-refractivity contribution >= 4 is 33.6 Å². The number of benzene rings is 3. The SMILES string of the molecule is C[C@@H](Oc1cccc2ccccc12)C(=O)NNC(=O)c1cc2ccccc2oc1=O. The van der Waals surface area contributed by atoms with Gasteiger partial charge in [-0.3, -0.25) is 20.4 Å². The summed E-state index contributed by atoms with van der Waals surface area (Å²) in [6, 6.07) is 21.4.